The van der Waals surface area contributed by atoms with E-state index < -0.39 is 12.0 Å². The first kappa shape index (κ1) is 16.9. The molecule has 0 unspecified atom stereocenters. The first-order chi connectivity index (χ1) is 11.9. The number of rotatable bonds is 5. The topological polar surface area (TPSA) is 69.2 Å². The van der Waals surface area contributed by atoms with Crippen LogP contribution in [0.1, 0.15) is 56.6 Å². The molecule has 4 bridgehead atoms. The van der Waals surface area contributed by atoms with Crippen molar-refractivity contribution in [2.45, 2.75) is 51.0 Å². The van der Waals surface area contributed by atoms with Gasteiger partial charge in [-0.05, 0) is 74.0 Å². The average molecular weight is 361 g/mol. The number of amides is 1. The number of hydrogen-bond donors (Lipinski definition) is 1. The Bertz CT molecular complexity index is 667. The van der Waals surface area contributed by atoms with Gasteiger partial charge in [0.05, 0.1) is 6.04 Å². The molecular formula is C20H23ClNO3-. The summed E-state index contributed by atoms with van der Waals surface area (Å²) >= 11 is 6.04. The fourth-order valence-corrected chi connectivity index (χ4v) is 6.04. The molecule has 0 aliphatic heterocycles. The third kappa shape index (κ3) is 3.29. The van der Waals surface area contributed by atoms with E-state index in [0.29, 0.717) is 22.8 Å². The Kier molecular flexibility index (Phi) is 4.27. The normalized spacial score (nSPS) is 33.9. The van der Waals surface area contributed by atoms with Crippen molar-refractivity contribution in [1.29, 1.82) is 0 Å². The Labute approximate surface area is 152 Å². The second kappa shape index (κ2) is 6.31. The molecule has 1 N–H and O–H groups in total. The molecule has 4 aliphatic carbocycles. The number of aliphatic carboxylic acids is 1. The highest BCUT2D eigenvalue weighted by Crippen LogP contribution is 2.60. The van der Waals surface area contributed by atoms with Crippen molar-refractivity contribution >= 4 is 23.5 Å². The van der Waals surface area contributed by atoms with E-state index in [1.165, 1.54) is 19.3 Å². The van der Waals surface area contributed by atoms with Crippen LogP contribution in [0, 0.1) is 23.2 Å². The molecule has 0 heterocycles. The fourth-order valence-electron chi connectivity index (χ4n) is 5.84. The number of nitrogens with one attached hydrogen (secondary N) is 1. The lowest BCUT2D eigenvalue weighted by atomic mass is 9.49. The van der Waals surface area contributed by atoms with Crippen LogP contribution < -0.4 is 10.4 Å². The van der Waals surface area contributed by atoms with E-state index in [4.69, 9.17) is 11.6 Å². The fraction of sp³-hybridized carbons (Fsp3) is 0.600. The molecule has 1 amide bonds. The number of benzene rings is 1. The van der Waals surface area contributed by atoms with Gasteiger partial charge in [-0.15, -0.1) is 0 Å². The van der Waals surface area contributed by atoms with Crippen LogP contribution in [-0.2, 0) is 9.59 Å². The standard InChI is InChI=1S/C20H24ClNO3/c21-16-3-1-2-15(7-16)17(8-18(23)24)22-19(25)20-9-12-4-13(10-20)6-14(5-12)11-20/h1-3,7,12-14,17H,4-6,8-11H2,(H,22,25)(H,23,24)/p-1/t12?,13?,14?,17-,20?/m1/s1. The Hall–Kier alpha value is -1.55. The summed E-state index contributed by atoms with van der Waals surface area (Å²) in [6.45, 7) is 0. The summed E-state index contributed by atoms with van der Waals surface area (Å²) in [6.07, 6.45) is 6.43. The zero-order valence-corrected chi connectivity index (χ0v) is 14.9. The summed E-state index contributed by atoms with van der Waals surface area (Å²) in [5.41, 5.74) is 0.423. The third-order valence-electron chi connectivity index (χ3n) is 6.45. The van der Waals surface area contributed by atoms with Gasteiger partial charge in [0, 0.05) is 22.8 Å². The maximum Gasteiger partial charge on any atom is 0.226 e. The molecule has 134 valence electrons. The number of carbonyl (C=O) groups is 2. The van der Waals surface area contributed by atoms with Gasteiger partial charge in [0.2, 0.25) is 5.91 Å². The van der Waals surface area contributed by atoms with E-state index >= 15 is 0 Å². The largest absolute Gasteiger partial charge is 0.550 e. The van der Waals surface area contributed by atoms with Gasteiger partial charge >= 0.3 is 0 Å². The highest BCUT2D eigenvalue weighted by Gasteiger charge is 2.54. The summed E-state index contributed by atoms with van der Waals surface area (Å²) in [4.78, 5) is 24.4. The van der Waals surface area contributed by atoms with Crippen molar-refractivity contribution in [2.75, 3.05) is 0 Å². The number of carboxylic acid groups (broad SMARTS) is 1. The van der Waals surface area contributed by atoms with Crippen molar-refractivity contribution in [2.24, 2.45) is 23.2 Å². The van der Waals surface area contributed by atoms with Crippen LogP contribution in [-0.4, -0.2) is 11.9 Å². The van der Waals surface area contributed by atoms with Crippen LogP contribution in [0.2, 0.25) is 5.02 Å². The molecular weight excluding hydrogens is 338 g/mol. The quantitative estimate of drug-likeness (QED) is 0.877. The smallest absolute Gasteiger partial charge is 0.226 e. The van der Waals surface area contributed by atoms with Gasteiger partial charge in [-0.25, -0.2) is 0 Å². The lowest BCUT2D eigenvalue weighted by Crippen LogP contribution is -2.54. The maximum atomic E-state index is 13.2. The van der Waals surface area contributed by atoms with Crippen LogP contribution in [0.15, 0.2) is 24.3 Å². The molecule has 4 aliphatic rings. The van der Waals surface area contributed by atoms with E-state index in [-0.39, 0.29) is 17.7 Å². The van der Waals surface area contributed by atoms with Crippen molar-refractivity contribution in [3.05, 3.63) is 34.9 Å². The van der Waals surface area contributed by atoms with Crippen LogP contribution in [0.3, 0.4) is 0 Å². The number of carboxylic acids is 1. The summed E-state index contributed by atoms with van der Waals surface area (Å²) in [7, 11) is 0. The number of hydrogen-bond acceptors (Lipinski definition) is 3. The van der Waals surface area contributed by atoms with E-state index in [9.17, 15) is 14.7 Å². The predicted molar refractivity (Wildman–Crippen MR) is 92.6 cm³/mol. The van der Waals surface area contributed by atoms with Crippen molar-refractivity contribution in [3.8, 4) is 0 Å². The zero-order valence-electron chi connectivity index (χ0n) is 14.2. The SMILES string of the molecule is O=C([O-])C[C@@H](NC(=O)C12CC3CC(CC(C3)C1)C2)c1cccc(Cl)c1. The second-order valence-electron chi connectivity index (χ2n) is 8.36. The van der Waals surface area contributed by atoms with Crippen molar-refractivity contribution in [3.63, 3.8) is 0 Å². The van der Waals surface area contributed by atoms with E-state index in [1.54, 1.807) is 24.3 Å². The minimum atomic E-state index is -1.17. The molecule has 4 nitrogen and oxygen atoms in total. The summed E-state index contributed by atoms with van der Waals surface area (Å²) < 4.78 is 0. The van der Waals surface area contributed by atoms with Crippen LogP contribution in [0.25, 0.3) is 0 Å². The summed E-state index contributed by atoms with van der Waals surface area (Å²) in [5.74, 6) is 0.863. The number of halogens is 1. The molecule has 0 radical (unpaired) electrons. The minimum Gasteiger partial charge on any atom is -0.550 e. The zero-order chi connectivity index (χ0) is 17.6. The first-order valence-corrected chi connectivity index (χ1v) is 9.57. The van der Waals surface area contributed by atoms with E-state index in [2.05, 4.69) is 5.32 Å². The van der Waals surface area contributed by atoms with Gasteiger partial charge in [0.1, 0.15) is 0 Å². The van der Waals surface area contributed by atoms with Gasteiger partial charge in [-0.2, -0.15) is 0 Å². The second-order valence-corrected chi connectivity index (χ2v) is 8.79. The van der Waals surface area contributed by atoms with Gasteiger partial charge in [0.25, 0.3) is 0 Å². The molecule has 1 aromatic rings. The van der Waals surface area contributed by atoms with Crippen LogP contribution in [0.5, 0.6) is 0 Å². The van der Waals surface area contributed by atoms with Gasteiger partial charge in [0.15, 0.2) is 0 Å². The molecule has 0 aromatic heterocycles. The van der Waals surface area contributed by atoms with Gasteiger partial charge < -0.3 is 15.2 Å². The van der Waals surface area contributed by atoms with Crippen LogP contribution >= 0.6 is 11.6 Å². The molecule has 5 rings (SSSR count). The minimum absolute atomic E-state index is 0.0258. The van der Waals surface area contributed by atoms with Gasteiger partial charge in [-0.1, -0.05) is 23.7 Å². The molecule has 4 fully saturated rings. The first-order valence-electron chi connectivity index (χ1n) is 9.20. The molecule has 5 heteroatoms. The summed E-state index contributed by atoms with van der Waals surface area (Å²) in [5, 5.41) is 14.8. The molecule has 1 aromatic carbocycles. The van der Waals surface area contributed by atoms with Crippen molar-refractivity contribution in [1.82, 2.24) is 5.32 Å². The van der Waals surface area contributed by atoms with E-state index in [1.807, 2.05) is 0 Å². The van der Waals surface area contributed by atoms with E-state index in [0.717, 1.165) is 24.8 Å². The maximum absolute atomic E-state index is 13.2. The lowest BCUT2D eigenvalue weighted by Gasteiger charge is -2.55. The molecule has 0 spiro atoms. The Balaban J connectivity index is 1.55. The predicted octanol–water partition coefficient (Wildman–Crippen LogP) is 2.85. The lowest BCUT2D eigenvalue weighted by molar-refractivity contribution is -0.306. The third-order valence-corrected chi connectivity index (χ3v) is 6.68. The highest BCUT2D eigenvalue weighted by atomic mass is 35.5. The molecule has 0 saturated heterocycles. The molecule has 1 atom stereocenters. The summed E-state index contributed by atoms with van der Waals surface area (Å²) in [6, 6.07) is 6.44. The average Bonchev–Trinajstić information content (AvgIpc) is 2.52. The Morgan fingerprint density at radius 2 is 1.76 bits per heavy atom. The molecule has 4 saturated carbocycles. The number of carbonyl (C=O) groups excluding carboxylic acids is 2. The van der Waals surface area contributed by atoms with Gasteiger partial charge in [-0.3, -0.25) is 4.79 Å². The highest BCUT2D eigenvalue weighted by molar-refractivity contribution is 6.30. The monoisotopic (exact) mass is 360 g/mol. The molecule has 25 heavy (non-hydrogen) atoms. The van der Waals surface area contributed by atoms with Crippen LogP contribution in [0.4, 0.5) is 0 Å². The Morgan fingerprint density at radius 3 is 2.28 bits per heavy atom. The van der Waals surface area contributed by atoms with Crippen molar-refractivity contribution < 1.29 is 14.7 Å². The Morgan fingerprint density at radius 1 is 1.16 bits per heavy atom.